The Morgan fingerprint density at radius 1 is 1.19 bits per heavy atom. The number of benzene rings is 1. The molecule has 0 fully saturated rings. The first-order chi connectivity index (χ1) is 15.4. The molecule has 7 nitrogen and oxygen atoms in total. The molecule has 0 radical (unpaired) electrons. The summed E-state index contributed by atoms with van der Waals surface area (Å²) >= 11 is 1.33. The van der Waals surface area contributed by atoms with Crippen molar-refractivity contribution in [1.29, 1.82) is 0 Å². The number of ether oxygens (including phenoxy) is 1. The van der Waals surface area contributed by atoms with Gasteiger partial charge in [0.05, 0.1) is 34.1 Å². The van der Waals surface area contributed by atoms with E-state index in [2.05, 4.69) is 10.1 Å². The number of esters is 1. The van der Waals surface area contributed by atoms with Crippen LogP contribution in [0.4, 0.5) is 0 Å². The summed E-state index contributed by atoms with van der Waals surface area (Å²) in [4.78, 5) is 31.7. The van der Waals surface area contributed by atoms with Crippen LogP contribution in [0.25, 0.3) is 6.08 Å². The second kappa shape index (κ2) is 8.70. The molecular weight excluding hydrogens is 424 g/mol. The van der Waals surface area contributed by atoms with Gasteiger partial charge in [-0.1, -0.05) is 41.7 Å². The molecule has 0 spiro atoms. The predicted molar refractivity (Wildman–Crippen MR) is 124 cm³/mol. The molecule has 1 aliphatic heterocycles. The zero-order valence-corrected chi connectivity index (χ0v) is 19.7. The lowest BCUT2D eigenvalue weighted by Gasteiger charge is -2.24. The van der Waals surface area contributed by atoms with E-state index in [1.165, 1.54) is 11.3 Å². The zero-order chi connectivity index (χ0) is 23.0. The lowest BCUT2D eigenvalue weighted by molar-refractivity contribution is -0.139. The highest BCUT2D eigenvalue weighted by molar-refractivity contribution is 7.07. The number of aryl methyl sites for hydroxylation is 2. The van der Waals surface area contributed by atoms with Crippen LogP contribution in [0.15, 0.2) is 51.4 Å². The molecule has 0 saturated heterocycles. The first kappa shape index (κ1) is 22.0. The first-order valence-corrected chi connectivity index (χ1v) is 11.5. The highest BCUT2D eigenvalue weighted by Gasteiger charge is 2.33. The van der Waals surface area contributed by atoms with Gasteiger partial charge in [0, 0.05) is 17.8 Å². The molecule has 3 heterocycles. The average Bonchev–Trinajstić information content (AvgIpc) is 3.23. The molecule has 1 aliphatic rings. The third-order valence-electron chi connectivity index (χ3n) is 5.64. The Kier molecular flexibility index (Phi) is 5.97. The monoisotopic (exact) mass is 450 g/mol. The van der Waals surface area contributed by atoms with Gasteiger partial charge in [-0.05, 0) is 46.3 Å². The number of thiazole rings is 1. The molecule has 0 aliphatic carbocycles. The highest BCUT2D eigenvalue weighted by Crippen LogP contribution is 2.30. The minimum Gasteiger partial charge on any atom is -0.463 e. The molecule has 4 rings (SSSR count). The van der Waals surface area contributed by atoms with E-state index in [4.69, 9.17) is 4.74 Å². The standard InChI is InChI=1S/C24H26N4O3S/c1-6-27-16(5)18(14(3)26-27)13-19-22(29)28-21(17-11-9-8-10-12-17)20(23(30)31-7-2)15(4)25-24(28)32-19/h8-13,21H,6-7H2,1-5H3/b19-13+/t21-/m1/s1. The van der Waals surface area contributed by atoms with Crippen LogP contribution in [0.3, 0.4) is 0 Å². The van der Waals surface area contributed by atoms with E-state index in [1.807, 2.05) is 61.9 Å². The molecule has 1 aromatic carbocycles. The van der Waals surface area contributed by atoms with E-state index in [0.29, 0.717) is 20.6 Å². The fourth-order valence-corrected chi connectivity index (χ4v) is 5.13. The minimum absolute atomic E-state index is 0.181. The van der Waals surface area contributed by atoms with Gasteiger partial charge < -0.3 is 4.74 Å². The number of aromatic nitrogens is 3. The van der Waals surface area contributed by atoms with Gasteiger partial charge in [0.1, 0.15) is 0 Å². The number of allylic oxidation sites excluding steroid dienone is 1. The fraction of sp³-hybridized carbons (Fsp3) is 0.333. The minimum atomic E-state index is -0.589. The van der Waals surface area contributed by atoms with Gasteiger partial charge in [0.15, 0.2) is 4.80 Å². The number of fused-ring (bicyclic) bond motifs is 1. The van der Waals surface area contributed by atoms with Crippen molar-refractivity contribution in [1.82, 2.24) is 14.3 Å². The predicted octanol–water partition coefficient (Wildman–Crippen LogP) is 2.63. The molecule has 8 heteroatoms. The molecule has 166 valence electrons. The summed E-state index contributed by atoms with van der Waals surface area (Å²) in [6, 6.07) is 8.95. The molecule has 0 amide bonds. The van der Waals surface area contributed by atoms with Crippen LogP contribution < -0.4 is 14.9 Å². The van der Waals surface area contributed by atoms with Crippen molar-refractivity contribution in [3.63, 3.8) is 0 Å². The van der Waals surface area contributed by atoms with Crippen molar-refractivity contribution in [2.45, 2.75) is 47.2 Å². The quantitative estimate of drug-likeness (QED) is 0.560. The van der Waals surface area contributed by atoms with Gasteiger partial charge in [0.25, 0.3) is 5.56 Å². The Labute approximate surface area is 190 Å². The largest absolute Gasteiger partial charge is 0.463 e. The summed E-state index contributed by atoms with van der Waals surface area (Å²) in [5, 5.41) is 4.56. The van der Waals surface area contributed by atoms with Crippen LogP contribution in [0.5, 0.6) is 0 Å². The van der Waals surface area contributed by atoms with Crippen molar-refractivity contribution >= 4 is 23.4 Å². The average molecular weight is 451 g/mol. The number of hydrogen-bond acceptors (Lipinski definition) is 6. The molecule has 32 heavy (non-hydrogen) atoms. The smallest absolute Gasteiger partial charge is 0.338 e. The Hall–Kier alpha value is -3.26. The van der Waals surface area contributed by atoms with Crippen LogP contribution in [0, 0.1) is 13.8 Å². The maximum absolute atomic E-state index is 13.6. The normalized spacial score (nSPS) is 16.2. The molecule has 0 saturated carbocycles. The van der Waals surface area contributed by atoms with Crippen LogP contribution in [0.2, 0.25) is 0 Å². The van der Waals surface area contributed by atoms with Crippen LogP contribution in [0.1, 0.15) is 49.3 Å². The molecule has 2 aromatic heterocycles. The summed E-state index contributed by atoms with van der Waals surface area (Å²) < 4.78 is 9.42. The maximum Gasteiger partial charge on any atom is 0.338 e. The van der Waals surface area contributed by atoms with E-state index in [9.17, 15) is 9.59 Å². The van der Waals surface area contributed by atoms with Crippen molar-refractivity contribution in [2.75, 3.05) is 6.61 Å². The lowest BCUT2D eigenvalue weighted by Crippen LogP contribution is -2.39. The van der Waals surface area contributed by atoms with Crippen LogP contribution in [-0.4, -0.2) is 26.9 Å². The van der Waals surface area contributed by atoms with Crippen molar-refractivity contribution in [2.24, 2.45) is 4.99 Å². The summed E-state index contributed by atoms with van der Waals surface area (Å²) in [7, 11) is 0. The number of carbonyl (C=O) groups is 1. The van der Waals surface area contributed by atoms with E-state index < -0.39 is 12.0 Å². The van der Waals surface area contributed by atoms with Gasteiger partial charge in [-0.25, -0.2) is 9.79 Å². The summed E-state index contributed by atoms with van der Waals surface area (Å²) in [5.41, 5.74) is 4.44. The third-order valence-corrected chi connectivity index (χ3v) is 6.63. The summed E-state index contributed by atoms with van der Waals surface area (Å²) in [6.07, 6.45) is 1.89. The molecule has 0 bridgehead atoms. The highest BCUT2D eigenvalue weighted by atomic mass is 32.1. The zero-order valence-electron chi connectivity index (χ0n) is 18.9. The third kappa shape index (κ3) is 3.64. The Morgan fingerprint density at radius 3 is 2.53 bits per heavy atom. The molecule has 1 atom stereocenters. The maximum atomic E-state index is 13.6. The van der Waals surface area contributed by atoms with Gasteiger partial charge >= 0.3 is 5.97 Å². The van der Waals surface area contributed by atoms with Gasteiger partial charge in [-0.15, -0.1) is 0 Å². The lowest BCUT2D eigenvalue weighted by atomic mass is 9.96. The van der Waals surface area contributed by atoms with Crippen molar-refractivity contribution in [3.05, 3.63) is 83.8 Å². The Bertz CT molecular complexity index is 1390. The van der Waals surface area contributed by atoms with E-state index in [1.54, 1.807) is 18.4 Å². The van der Waals surface area contributed by atoms with Crippen molar-refractivity contribution < 1.29 is 9.53 Å². The number of rotatable bonds is 5. The summed E-state index contributed by atoms with van der Waals surface area (Å²) in [5.74, 6) is -0.451. The van der Waals surface area contributed by atoms with Gasteiger partial charge in [-0.3, -0.25) is 14.0 Å². The Morgan fingerprint density at radius 2 is 1.91 bits per heavy atom. The molecule has 0 N–H and O–H groups in total. The number of hydrogen-bond donors (Lipinski definition) is 0. The Balaban J connectivity index is 1.97. The second-order valence-corrected chi connectivity index (χ2v) is 8.62. The van der Waals surface area contributed by atoms with E-state index in [0.717, 1.165) is 29.1 Å². The van der Waals surface area contributed by atoms with Crippen molar-refractivity contribution in [3.8, 4) is 0 Å². The first-order valence-electron chi connectivity index (χ1n) is 10.7. The fourth-order valence-electron chi connectivity index (χ4n) is 4.10. The topological polar surface area (TPSA) is 78.5 Å². The van der Waals surface area contributed by atoms with Gasteiger partial charge in [0.2, 0.25) is 0 Å². The van der Waals surface area contributed by atoms with Crippen LogP contribution >= 0.6 is 11.3 Å². The molecular formula is C24H26N4O3S. The van der Waals surface area contributed by atoms with E-state index in [-0.39, 0.29) is 12.2 Å². The SMILES string of the molecule is CCOC(=O)C1=C(C)N=c2s/c(=C/c3c(C)nn(CC)c3C)c(=O)n2[C@@H]1c1ccccc1. The second-order valence-electron chi connectivity index (χ2n) is 7.61. The van der Waals surface area contributed by atoms with E-state index >= 15 is 0 Å². The number of nitrogens with zero attached hydrogens (tertiary/aromatic N) is 4. The van der Waals surface area contributed by atoms with Gasteiger partial charge in [-0.2, -0.15) is 5.10 Å². The summed E-state index contributed by atoms with van der Waals surface area (Å²) in [6.45, 7) is 10.6. The molecule has 0 unspecified atom stereocenters. The van der Waals surface area contributed by atoms with Crippen LogP contribution in [-0.2, 0) is 16.1 Å². The number of carbonyl (C=O) groups excluding carboxylic acids is 1. The molecule has 3 aromatic rings.